The van der Waals surface area contributed by atoms with Crippen LogP contribution >= 0.6 is 24.0 Å². The van der Waals surface area contributed by atoms with Gasteiger partial charge in [0.2, 0.25) is 5.88 Å². The van der Waals surface area contributed by atoms with E-state index in [0.717, 1.165) is 42.6 Å². The van der Waals surface area contributed by atoms with Gasteiger partial charge in [-0.05, 0) is 67.5 Å². The van der Waals surface area contributed by atoms with Gasteiger partial charge in [-0.3, -0.25) is 4.99 Å². The molecule has 0 saturated heterocycles. The Hall–Kier alpha value is -2.07. The average Bonchev–Trinajstić information content (AvgIpc) is 2.76. The van der Waals surface area contributed by atoms with Crippen LogP contribution in [0.15, 0.2) is 47.6 Å². The minimum absolute atomic E-state index is 0. The lowest BCUT2D eigenvalue weighted by atomic mass is 9.67. The van der Waals surface area contributed by atoms with Gasteiger partial charge in [0.1, 0.15) is 11.5 Å². The van der Waals surface area contributed by atoms with Crippen LogP contribution in [0.25, 0.3) is 0 Å². The van der Waals surface area contributed by atoms with Crippen LogP contribution < -0.4 is 20.1 Å². The Kier molecular flexibility index (Phi) is 11.0. The van der Waals surface area contributed by atoms with Crippen molar-refractivity contribution in [1.29, 1.82) is 0 Å². The first-order valence-electron chi connectivity index (χ1n) is 11.0. The first-order valence-corrected chi connectivity index (χ1v) is 11.0. The fraction of sp³-hybridized carbons (Fsp3) is 0.500. The molecule has 1 heterocycles. The molecule has 1 saturated carbocycles. The molecule has 1 aliphatic rings. The Morgan fingerprint density at radius 2 is 1.88 bits per heavy atom. The largest absolute Gasteiger partial charge is 0.494 e. The summed E-state index contributed by atoms with van der Waals surface area (Å²) in [7, 11) is 3.56. The first kappa shape index (κ1) is 26.2. The van der Waals surface area contributed by atoms with E-state index in [0.29, 0.717) is 24.4 Å². The summed E-state index contributed by atoms with van der Waals surface area (Å²) >= 11 is 0. The summed E-state index contributed by atoms with van der Waals surface area (Å²) < 4.78 is 16.6. The van der Waals surface area contributed by atoms with Gasteiger partial charge in [0.05, 0.1) is 6.61 Å². The second-order valence-corrected chi connectivity index (χ2v) is 7.88. The molecule has 0 bridgehead atoms. The van der Waals surface area contributed by atoms with Gasteiger partial charge in [-0.2, -0.15) is 0 Å². The number of benzene rings is 1. The molecule has 0 unspecified atom stereocenters. The highest BCUT2D eigenvalue weighted by atomic mass is 127. The Morgan fingerprint density at radius 3 is 2.50 bits per heavy atom. The zero-order chi connectivity index (χ0) is 21.9. The van der Waals surface area contributed by atoms with E-state index >= 15 is 0 Å². The van der Waals surface area contributed by atoms with Gasteiger partial charge >= 0.3 is 0 Å². The van der Waals surface area contributed by atoms with Crippen LogP contribution in [-0.2, 0) is 11.3 Å². The maximum Gasteiger partial charge on any atom is 0.219 e. The fourth-order valence-corrected chi connectivity index (χ4v) is 3.70. The van der Waals surface area contributed by atoms with Crippen LogP contribution in [0.4, 0.5) is 0 Å². The lowest BCUT2D eigenvalue weighted by molar-refractivity contribution is 0.0732. The van der Waals surface area contributed by atoms with Crippen LogP contribution in [0.3, 0.4) is 0 Å². The number of nitrogens with zero attached hydrogens (tertiary/aromatic N) is 2. The molecule has 0 spiro atoms. The predicted molar refractivity (Wildman–Crippen MR) is 138 cm³/mol. The van der Waals surface area contributed by atoms with Gasteiger partial charge in [0.15, 0.2) is 5.96 Å². The fourth-order valence-electron chi connectivity index (χ4n) is 3.70. The molecule has 32 heavy (non-hydrogen) atoms. The number of halogens is 1. The van der Waals surface area contributed by atoms with Crippen molar-refractivity contribution in [2.45, 2.75) is 39.2 Å². The number of rotatable bonds is 11. The summed E-state index contributed by atoms with van der Waals surface area (Å²) in [5, 5.41) is 6.87. The molecule has 176 valence electrons. The van der Waals surface area contributed by atoms with E-state index in [-0.39, 0.29) is 24.0 Å². The Balaban J connectivity index is 0.00000363. The standard InChI is InChI=1S/C24H34N4O3.HI/c1-4-30-20-6-8-21(9-7-20)31-22-16-19(10-14-26-22)17-27-23(25-2)28-18-24(11-5-12-24)13-15-29-3;/h6-10,14,16H,4-5,11-13,15,17-18H2,1-3H3,(H2,25,27,28);1H. The minimum Gasteiger partial charge on any atom is -0.494 e. The summed E-state index contributed by atoms with van der Waals surface area (Å²) in [6.45, 7) is 4.96. The molecule has 1 fully saturated rings. The van der Waals surface area contributed by atoms with E-state index in [2.05, 4.69) is 20.6 Å². The predicted octanol–water partition coefficient (Wildman–Crippen LogP) is 4.76. The summed E-state index contributed by atoms with van der Waals surface area (Å²) in [4.78, 5) is 8.68. The molecule has 2 aromatic rings. The average molecular weight is 554 g/mol. The van der Waals surface area contributed by atoms with E-state index < -0.39 is 0 Å². The maximum atomic E-state index is 5.89. The number of guanidine groups is 1. The number of nitrogens with one attached hydrogen (secondary N) is 2. The number of ether oxygens (including phenoxy) is 3. The number of hydrogen-bond acceptors (Lipinski definition) is 5. The number of aliphatic imine (C=N–C) groups is 1. The molecular formula is C24H35IN4O3. The van der Waals surface area contributed by atoms with Gasteiger partial charge in [0, 0.05) is 46.1 Å². The Labute approximate surface area is 208 Å². The number of pyridine rings is 1. The van der Waals surface area contributed by atoms with Gasteiger partial charge in [-0.15, -0.1) is 24.0 Å². The topological polar surface area (TPSA) is 77.0 Å². The van der Waals surface area contributed by atoms with Gasteiger partial charge in [0.25, 0.3) is 0 Å². The van der Waals surface area contributed by atoms with Crippen LogP contribution in [-0.4, -0.2) is 44.9 Å². The molecule has 1 aromatic heterocycles. The zero-order valence-electron chi connectivity index (χ0n) is 19.2. The van der Waals surface area contributed by atoms with E-state index in [1.54, 1.807) is 20.4 Å². The molecule has 2 N–H and O–H groups in total. The second-order valence-electron chi connectivity index (χ2n) is 7.88. The van der Waals surface area contributed by atoms with E-state index in [1.165, 1.54) is 19.3 Å². The van der Waals surface area contributed by atoms with Crippen LogP contribution in [0.5, 0.6) is 17.4 Å². The van der Waals surface area contributed by atoms with Crippen molar-refractivity contribution in [3.63, 3.8) is 0 Å². The Morgan fingerprint density at radius 1 is 1.12 bits per heavy atom. The number of methoxy groups -OCH3 is 1. The molecule has 1 aliphatic carbocycles. The highest BCUT2D eigenvalue weighted by molar-refractivity contribution is 14.0. The van der Waals surface area contributed by atoms with Crippen molar-refractivity contribution >= 4 is 29.9 Å². The van der Waals surface area contributed by atoms with Crippen LogP contribution in [0.1, 0.15) is 38.2 Å². The number of hydrogen-bond donors (Lipinski definition) is 2. The van der Waals surface area contributed by atoms with Crippen molar-refractivity contribution in [2.24, 2.45) is 10.4 Å². The van der Waals surface area contributed by atoms with Gasteiger partial charge in [-0.1, -0.05) is 6.42 Å². The zero-order valence-corrected chi connectivity index (χ0v) is 21.6. The molecule has 0 atom stereocenters. The molecule has 0 aliphatic heterocycles. The monoisotopic (exact) mass is 554 g/mol. The molecule has 3 rings (SSSR count). The van der Waals surface area contributed by atoms with Gasteiger partial charge in [-0.25, -0.2) is 4.98 Å². The van der Waals surface area contributed by atoms with Crippen molar-refractivity contribution in [3.05, 3.63) is 48.2 Å². The third-order valence-corrected chi connectivity index (χ3v) is 5.72. The third-order valence-electron chi connectivity index (χ3n) is 5.72. The summed E-state index contributed by atoms with van der Waals surface area (Å²) in [5.74, 6) is 2.90. The highest BCUT2D eigenvalue weighted by Crippen LogP contribution is 2.43. The summed E-state index contributed by atoms with van der Waals surface area (Å²) in [6, 6.07) is 11.4. The lowest BCUT2D eigenvalue weighted by Gasteiger charge is -2.42. The lowest BCUT2D eigenvalue weighted by Crippen LogP contribution is -2.46. The quantitative estimate of drug-likeness (QED) is 0.237. The maximum absolute atomic E-state index is 5.89. The second kappa shape index (κ2) is 13.5. The summed E-state index contributed by atoms with van der Waals surface area (Å²) in [6.07, 6.45) is 6.63. The van der Waals surface area contributed by atoms with Crippen LogP contribution in [0.2, 0.25) is 0 Å². The van der Waals surface area contributed by atoms with Crippen molar-refractivity contribution < 1.29 is 14.2 Å². The molecule has 7 nitrogen and oxygen atoms in total. The smallest absolute Gasteiger partial charge is 0.219 e. The SMILES string of the molecule is CCOc1ccc(Oc2cc(CNC(=NC)NCC3(CCOC)CCC3)ccn2)cc1.I. The van der Waals surface area contributed by atoms with Gasteiger partial charge < -0.3 is 24.8 Å². The number of aromatic nitrogens is 1. The minimum atomic E-state index is 0. The van der Waals surface area contributed by atoms with Crippen molar-refractivity contribution in [2.75, 3.05) is 33.9 Å². The molecule has 8 heteroatoms. The van der Waals surface area contributed by atoms with E-state index in [9.17, 15) is 0 Å². The third kappa shape index (κ3) is 7.81. The van der Waals surface area contributed by atoms with E-state index in [4.69, 9.17) is 14.2 Å². The van der Waals surface area contributed by atoms with Crippen molar-refractivity contribution in [1.82, 2.24) is 15.6 Å². The van der Waals surface area contributed by atoms with E-state index in [1.807, 2.05) is 43.3 Å². The molecular weight excluding hydrogens is 519 g/mol. The molecule has 1 aromatic carbocycles. The first-order chi connectivity index (χ1) is 15.2. The molecule has 0 amide bonds. The Bertz CT molecular complexity index is 841. The summed E-state index contributed by atoms with van der Waals surface area (Å²) in [5.41, 5.74) is 1.40. The normalized spacial score (nSPS) is 14.7. The highest BCUT2D eigenvalue weighted by Gasteiger charge is 2.36. The molecule has 0 radical (unpaired) electrons. The van der Waals surface area contributed by atoms with Crippen molar-refractivity contribution in [3.8, 4) is 17.4 Å². The van der Waals surface area contributed by atoms with Crippen LogP contribution in [0, 0.1) is 5.41 Å².